The number of rotatable bonds is 7. The summed E-state index contributed by atoms with van der Waals surface area (Å²) in [6.07, 6.45) is 0.713. The van der Waals surface area contributed by atoms with Crippen molar-refractivity contribution in [2.24, 2.45) is 5.92 Å². The molecule has 1 fully saturated rings. The lowest BCUT2D eigenvalue weighted by Gasteiger charge is -2.16. The van der Waals surface area contributed by atoms with E-state index in [9.17, 15) is 18.3 Å². The highest BCUT2D eigenvalue weighted by Crippen LogP contribution is 2.14. The van der Waals surface area contributed by atoms with Gasteiger partial charge in [-0.2, -0.15) is 0 Å². The molecule has 0 radical (unpaired) electrons. The summed E-state index contributed by atoms with van der Waals surface area (Å²) < 4.78 is 22.5. The van der Waals surface area contributed by atoms with Gasteiger partial charge >= 0.3 is 5.97 Å². The lowest BCUT2D eigenvalue weighted by atomic mass is 10.0. The van der Waals surface area contributed by atoms with Crippen molar-refractivity contribution in [3.05, 3.63) is 0 Å². The van der Waals surface area contributed by atoms with Crippen molar-refractivity contribution < 1.29 is 23.4 Å². The predicted octanol–water partition coefficient (Wildman–Crippen LogP) is -0.375. The molecule has 1 rings (SSSR count). The van der Waals surface area contributed by atoms with Crippen LogP contribution in [0, 0.1) is 5.92 Å². The van der Waals surface area contributed by atoms with Crippen molar-refractivity contribution in [2.75, 3.05) is 18.1 Å². The number of aliphatic carboxylic acids is 1. The number of carboxylic acids is 1. The first kappa shape index (κ1) is 15.4. The van der Waals surface area contributed by atoms with Gasteiger partial charge in [-0.15, -0.1) is 0 Å². The summed E-state index contributed by atoms with van der Waals surface area (Å²) >= 11 is 0. The second-order valence-corrected chi connectivity index (χ2v) is 7.18. The first-order chi connectivity index (χ1) is 8.30. The molecule has 3 N–H and O–H groups in total. The zero-order chi connectivity index (χ0) is 13.8. The lowest BCUT2D eigenvalue weighted by Crippen LogP contribution is -2.39. The zero-order valence-corrected chi connectivity index (χ0v) is 11.3. The third-order valence-electron chi connectivity index (χ3n) is 3.22. The second kappa shape index (κ2) is 6.49. The molecule has 3 atom stereocenters. The Labute approximate surface area is 107 Å². The first-order valence-corrected chi connectivity index (χ1v) is 7.96. The van der Waals surface area contributed by atoms with E-state index in [-0.39, 0.29) is 29.9 Å². The van der Waals surface area contributed by atoms with Crippen LogP contribution in [-0.4, -0.2) is 54.8 Å². The lowest BCUT2D eigenvalue weighted by molar-refractivity contribution is -0.137. The molecule has 0 aromatic carbocycles. The number of sulfone groups is 1. The number of hydrogen-bond acceptors (Lipinski definition) is 5. The summed E-state index contributed by atoms with van der Waals surface area (Å²) in [5.74, 6) is -0.715. The van der Waals surface area contributed by atoms with Gasteiger partial charge in [0.25, 0.3) is 0 Å². The van der Waals surface area contributed by atoms with E-state index in [1.165, 1.54) is 0 Å². The van der Waals surface area contributed by atoms with Gasteiger partial charge < -0.3 is 15.5 Å². The van der Waals surface area contributed by atoms with Gasteiger partial charge in [0.15, 0.2) is 9.84 Å². The number of carboxylic acid groups (broad SMARTS) is 1. The highest BCUT2D eigenvalue weighted by molar-refractivity contribution is 7.91. The van der Waals surface area contributed by atoms with Crippen LogP contribution in [-0.2, 0) is 14.6 Å². The molecule has 0 bridgehead atoms. The number of nitrogens with one attached hydrogen (secondary N) is 1. The summed E-state index contributed by atoms with van der Waals surface area (Å²) in [6.45, 7) is 2.56. The van der Waals surface area contributed by atoms with E-state index < -0.39 is 21.9 Å². The third-order valence-corrected chi connectivity index (χ3v) is 4.93. The molecule has 1 aliphatic heterocycles. The predicted molar refractivity (Wildman–Crippen MR) is 67.1 cm³/mol. The summed E-state index contributed by atoms with van der Waals surface area (Å²) in [4.78, 5) is 10.4. The van der Waals surface area contributed by atoms with Crippen LogP contribution in [0.2, 0.25) is 0 Å². The Balaban J connectivity index is 2.20. The Morgan fingerprint density at radius 3 is 2.56 bits per heavy atom. The highest BCUT2D eigenvalue weighted by Gasteiger charge is 2.35. The fourth-order valence-corrected chi connectivity index (χ4v) is 3.83. The maximum Gasteiger partial charge on any atom is 0.303 e. The van der Waals surface area contributed by atoms with Gasteiger partial charge in [-0.1, -0.05) is 6.92 Å². The number of aliphatic hydroxyl groups is 1. The molecule has 0 amide bonds. The Bertz CT molecular complexity index is 381. The first-order valence-electron chi connectivity index (χ1n) is 6.14. The minimum atomic E-state index is -3.11. The molecule has 0 spiro atoms. The number of aliphatic hydroxyl groups excluding tert-OH is 1. The van der Waals surface area contributed by atoms with Crippen molar-refractivity contribution in [1.82, 2.24) is 5.32 Å². The minimum Gasteiger partial charge on any atom is -0.481 e. The van der Waals surface area contributed by atoms with Crippen LogP contribution in [0.1, 0.15) is 26.2 Å². The van der Waals surface area contributed by atoms with Crippen LogP contribution in [0.15, 0.2) is 0 Å². The van der Waals surface area contributed by atoms with Gasteiger partial charge in [-0.3, -0.25) is 4.79 Å². The van der Waals surface area contributed by atoms with Crippen LogP contribution >= 0.6 is 0 Å². The Morgan fingerprint density at radius 2 is 2.06 bits per heavy atom. The van der Waals surface area contributed by atoms with E-state index in [0.717, 1.165) is 6.42 Å². The quantitative estimate of drug-likeness (QED) is 0.587. The average molecular weight is 279 g/mol. The Hall–Kier alpha value is -0.660. The molecule has 0 aliphatic carbocycles. The topological polar surface area (TPSA) is 104 Å². The molecule has 0 saturated carbocycles. The minimum absolute atomic E-state index is 0.0162. The summed E-state index contributed by atoms with van der Waals surface area (Å²) in [6, 6.07) is -0.387. The fourth-order valence-electron chi connectivity index (χ4n) is 2.05. The van der Waals surface area contributed by atoms with Gasteiger partial charge in [0, 0.05) is 12.5 Å². The van der Waals surface area contributed by atoms with Crippen molar-refractivity contribution in [3.63, 3.8) is 0 Å². The maximum atomic E-state index is 11.3. The fraction of sp³-hybridized carbons (Fsp3) is 0.909. The van der Waals surface area contributed by atoms with E-state index in [2.05, 4.69) is 5.32 Å². The van der Waals surface area contributed by atoms with Gasteiger partial charge in [0.2, 0.25) is 0 Å². The summed E-state index contributed by atoms with van der Waals surface area (Å²) in [5, 5.41) is 21.1. The average Bonchev–Trinajstić information content (AvgIpc) is 2.49. The second-order valence-electron chi connectivity index (χ2n) is 5.03. The molecule has 1 heterocycles. The molecule has 18 heavy (non-hydrogen) atoms. The highest BCUT2D eigenvalue weighted by atomic mass is 32.2. The monoisotopic (exact) mass is 279 g/mol. The molecule has 1 aliphatic rings. The smallest absolute Gasteiger partial charge is 0.303 e. The van der Waals surface area contributed by atoms with Crippen LogP contribution in [0.25, 0.3) is 0 Å². The zero-order valence-electron chi connectivity index (χ0n) is 10.5. The molecule has 1 saturated heterocycles. The van der Waals surface area contributed by atoms with Crippen LogP contribution in [0.5, 0.6) is 0 Å². The SMILES string of the molecule is CC(CCNC1CS(=O)(=O)CC1O)CCC(=O)O. The van der Waals surface area contributed by atoms with E-state index in [4.69, 9.17) is 5.11 Å². The standard InChI is InChI=1S/C11H21NO5S/c1-8(2-3-11(14)15)4-5-12-9-6-18(16,17)7-10(9)13/h8-10,12-13H,2-7H2,1H3,(H,14,15). The summed E-state index contributed by atoms with van der Waals surface area (Å²) in [5.41, 5.74) is 0. The van der Waals surface area contributed by atoms with Gasteiger partial charge in [0.1, 0.15) is 0 Å². The molecular formula is C11H21NO5S. The Kier molecular flexibility index (Phi) is 5.55. The van der Waals surface area contributed by atoms with Crippen molar-refractivity contribution in [1.29, 1.82) is 0 Å². The van der Waals surface area contributed by atoms with Gasteiger partial charge in [-0.05, 0) is 25.3 Å². The largest absolute Gasteiger partial charge is 0.481 e. The number of hydrogen-bond donors (Lipinski definition) is 3. The Morgan fingerprint density at radius 1 is 1.39 bits per heavy atom. The molecule has 3 unspecified atom stereocenters. The van der Waals surface area contributed by atoms with Gasteiger partial charge in [-0.25, -0.2) is 8.42 Å². The summed E-state index contributed by atoms with van der Waals surface area (Å²) in [7, 11) is -3.11. The number of carbonyl (C=O) groups is 1. The van der Waals surface area contributed by atoms with E-state index >= 15 is 0 Å². The van der Waals surface area contributed by atoms with Gasteiger partial charge in [0.05, 0.1) is 17.6 Å². The molecule has 0 aromatic rings. The van der Waals surface area contributed by atoms with E-state index in [0.29, 0.717) is 13.0 Å². The molecule has 106 valence electrons. The van der Waals surface area contributed by atoms with Crippen molar-refractivity contribution >= 4 is 15.8 Å². The third kappa shape index (κ3) is 5.32. The molecule has 7 heteroatoms. The van der Waals surface area contributed by atoms with Crippen molar-refractivity contribution in [3.8, 4) is 0 Å². The maximum absolute atomic E-state index is 11.3. The molecule has 6 nitrogen and oxygen atoms in total. The molecule has 0 aromatic heterocycles. The van der Waals surface area contributed by atoms with E-state index in [1.807, 2.05) is 6.92 Å². The normalized spacial score (nSPS) is 28.1. The van der Waals surface area contributed by atoms with Crippen LogP contribution in [0.3, 0.4) is 0 Å². The van der Waals surface area contributed by atoms with Crippen molar-refractivity contribution in [2.45, 2.75) is 38.3 Å². The molecular weight excluding hydrogens is 258 g/mol. The van der Waals surface area contributed by atoms with Crippen LogP contribution in [0.4, 0.5) is 0 Å². The van der Waals surface area contributed by atoms with E-state index in [1.54, 1.807) is 0 Å². The van der Waals surface area contributed by atoms with Crippen LogP contribution < -0.4 is 5.32 Å².